The Kier molecular flexibility index (Phi) is 2.11. The van der Waals surface area contributed by atoms with Crippen LogP contribution in [0.5, 0.6) is 0 Å². The average molecular weight is 266 g/mol. The molecule has 0 bridgehead atoms. The number of anilines is 1. The number of benzene rings is 1. The van der Waals surface area contributed by atoms with Crippen LogP contribution in [0.2, 0.25) is 5.02 Å². The van der Waals surface area contributed by atoms with Crippen LogP contribution in [0.3, 0.4) is 0 Å². The minimum Gasteiger partial charge on any atom is -0.379 e. The number of rotatable bonds is 2. The Hall–Kier alpha value is -0.870. The van der Waals surface area contributed by atoms with E-state index in [0.717, 1.165) is 33.6 Å². The Balaban J connectivity index is 1.73. The van der Waals surface area contributed by atoms with Gasteiger partial charge in [0.1, 0.15) is 11.0 Å². The molecule has 0 saturated heterocycles. The molecule has 3 unspecified atom stereocenters. The van der Waals surface area contributed by atoms with E-state index in [1.165, 1.54) is 31.0 Å². The molecular formula is C12H12ClN3S. The van der Waals surface area contributed by atoms with Gasteiger partial charge in [-0.15, -0.1) is 0 Å². The summed E-state index contributed by atoms with van der Waals surface area (Å²) < 4.78 is 8.60. The standard InChI is InChI=1S/C12H12ClN3S/c13-8-2-4-10-12(16-17-15-10)11(8)14-9-3-1-6-5-7(6)9/h2,4,6-7,9,14H,1,3,5H2. The second kappa shape index (κ2) is 3.56. The van der Waals surface area contributed by atoms with Crippen molar-refractivity contribution < 1.29 is 0 Å². The molecule has 0 aliphatic heterocycles. The highest BCUT2D eigenvalue weighted by Gasteiger charge is 2.48. The SMILES string of the molecule is Clc1ccc2nsnc2c1NC1CCC2CC21. The molecule has 4 rings (SSSR count). The smallest absolute Gasteiger partial charge is 0.129 e. The molecule has 0 radical (unpaired) electrons. The average Bonchev–Trinajstić information content (AvgIpc) is 2.79. The molecule has 3 nitrogen and oxygen atoms in total. The van der Waals surface area contributed by atoms with Crippen molar-refractivity contribution in [3.8, 4) is 0 Å². The highest BCUT2D eigenvalue weighted by Crippen LogP contribution is 2.53. The lowest BCUT2D eigenvalue weighted by molar-refractivity contribution is 0.655. The van der Waals surface area contributed by atoms with E-state index in [0.29, 0.717) is 6.04 Å². The van der Waals surface area contributed by atoms with E-state index in [1.807, 2.05) is 12.1 Å². The van der Waals surface area contributed by atoms with Crippen LogP contribution in [0.4, 0.5) is 5.69 Å². The fourth-order valence-electron chi connectivity index (χ4n) is 3.03. The van der Waals surface area contributed by atoms with Gasteiger partial charge >= 0.3 is 0 Å². The molecule has 0 spiro atoms. The lowest BCUT2D eigenvalue weighted by Crippen LogP contribution is -2.19. The van der Waals surface area contributed by atoms with Gasteiger partial charge in [-0.2, -0.15) is 8.75 Å². The van der Waals surface area contributed by atoms with Gasteiger partial charge in [0.05, 0.1) is 22.4 Å². The number of aromatic nitrogens is 2. The molecule has 3 atom stereocenters. The van der Waals surface area contributed by atoms with Gasteiger partial charge in [0.2, 0.25) is 0 Å². The summed E-state index contributed by atoms with van der Waals surface area (Å²) in [4.78, 5) is 0. The molecule has 1 aromatic heterocycles. The summed E-state index contributed by atoms with van der Waals surface area (Å²) in [5, 5.41) is 4.36. The maximum Gasteiger partial charge on any atom is 0.129 e. The van der Waals surface area contributed by atoms with Gasteiger partial charge in [-0.1, -0.05) is 11.6 Å². The molecule has 0 amide bonds. The Morgan fingerprint density at radius 1 is 1.29 bits per heavy atom. The molecule has 88 valence electrons. The number of halogens is 1. The van der Waals surface area contributed by atoms with Crippen LogP contribution in [-0.2, 0) is 0 Å². The van der Waals surface area contributed by atoms with Crippen molar-refractivity contribution in [3.05, 3.63) is 17.2 Å². The zero-order chi connectivity index (χ0) is 11.4. The quantitative estimate of drug-likeness (QED) is 0.902. The molecule has 1 aromatic carbocycles. The lowest BCUT2D eigenvalue weighted by Gasteiger charge is -2.16. The number of fused-ring (bicyclic) bond motifs is 2. The Morgan fingerprint density at radius 2 is 2.24 bits per heavy atom. The summed E-state index contributed by atoms with van der Waals surface area (Å²) in [5.41, 5.74) is 2.84. The van der Waals surface area contributed by atoms with Gasteiger partial charge < -0.3 is 5.32 Å². The number of nitrogens with one attached hydrogen (secondary N) is 1. The first-order valence-electron chi connectivity index (χ1n) is 6.00. The summed E-state index contributed by atoms with van der Waals surface area (Å²) in [6.45, 7) is 0. The largest absolute Gasteiger partial charge is 0.379 e. The third kappa shape index (κ3) is 1.54. The second-order valence-corrected chi connectivity index (χ2v) is 5.98. The third-order valence-electron chi connectivity index (χ3n) is 4.05. The Labute approximate surface area is 109 Å². The highest BCUT2D eigenvalue weighted by atomic mass is 35.5. The van der Waals surface area contributed by atoms with Gasteiger partial charge in [0.15, 0.2) is 0 Å². The summed E-state index contributed by atoms with van der Waals surface area (Å²) in [7, 11) is 0. The van der Waals surface area contributed by atoms with E-state index in [9.17, 15) is 0 Å². The number of hydrogen-bond acceptors (Lipinski definition) is 4. The van der Waals surface area contributed by atoms with E-state index in [-0.39, 0.29) is 0 Å². The van der Waals surface area contributed by atoms with Crippen molar-refractivity contribution in [2.45, 2.75) is 25.3 Å². The minimum absolute atomic E-state index is 0.588. The van der Waals surface area contributed by atoms with Crippen LogP contribution >= 0.6 is 23.3 Å². The third-order valence-corrected chi connectivity index (χ3v) is 4.91. The molecule has 2 aromatic rings. The number of nitrogens with zero attached hydrogens (tertiary/aromatic N) is 2. The molecule has 2 fully saturated rings. The van der Waals surface area contributed by atoms with Gasteiger partial charge in [-0.25, -0.2) is 0 Å². The topological polar surface area (TPSA) is 37.8 Å². The summed E-state index contributed by atoms with van der Waals surface area (Å²) in [6, 6.07) is 4.43. The molecule has 1 N–H and O–H groups in total. The monoisotopic (exact) mass is 265 g/mol. The summed E-state index contributed by atoms with van der Waals surface area (Å²) in [5.74, 6) is 1.84. The van der Waals surface area contributed by atoms with Crippen molar-refractivity contribution >= 4 is 40.0 Å². The van der Waals surface area contributed by atoms with E-state index < -0.39 is 0 Å². The minimum atomic E-state index is 0.588. The van der Waals surface area contributed by atoms with E-state index in [2.05, 4.69) is 14.1 Å². The zero-order valence-electron chi connectivity index (χ0n) is 9.19. The maximum absolute atomic E-state index is 6.27. The maximum atomic E-state index is 6.27. The Morgan fingerprint density at radius 3 is 3.00 bits per heavy atom. The van der Waals surface area contributed by atoms with Crippen LogP contribution in [-0.4, -0.2) is 14.8 Å². The first kappa shape index (κ1) is 10.1. The van der Waals surface area contributed by atoms with Crippen molar-refractivity contribution in [1.82, 2.24) is 8.75 Å². The highest BCUT2D eigenvalue weighted by molar-refractivity contribution is 7.00. The van der Waals surface area contributed by atoms with E-state index in [1.54, 1.807) is 0 Å². The molecular weight excluding hydrogens is 254 g/mol. The van der Waals surface area contributed by atoms with Crippen LogP contribution < -0.4 is 5.32 Å². The zero-order valence-corrected chi connectivity index (χ0v) is 10.8. The first-order chi connectivity index (χ1) is 8.33. The normalized spacial score (nSPS) is 30.5. The van der Waals surface area contributed by atoms with Gasteiger partial charge in [0, 0.05) is 6.04 Å². The van der Waals surface area contributed by atoms with Crippen molar-refractivity contribution in [1.29, 1.82) is 0 Å². The fourth-order valence-corrected chi connectivity index (χ4v) is 3.78. The van der Waals surface area contributed by atoms with Crippen molar-refractivity contribution in [2.75, 3.05) is 5.32 Å². The van der Waals surface area contributed by atoms with Crippen LogP contribution in [0.25, 0.3) is 11.0 Å². The fraction of sp³-hybridized carbons (Fsp3) is 0.500. The molecule has 1 heterocycles. The van der Waals surface area contributed by atoms with E-state index in [4.69, 9.17) is 11.6 Å². The molecule has 5 heteroatoms. The summed E-state index contributed by atoms with van der Waals surface area (Å²) >= 11 is 7.52. The molecule has 2 aliphatic carbocycles. The predicted molar refractivity (Wildman–Crippen MR) is 70.7 cm³/mol. The van der Waals surface area contributed by atoms with Crippen LogP contribution in [0, 0.1) is 11.8 Å². The molecule has 2 aliphatic rings. The van der Waals surface area contributed by atoms with Gasteiger partial charge in [-0.3, -0.25) is 0 Å². The molecule has 2 saturated carbocycles. The van der Waals surface area contributed by atoms with E-state index >= 15 is 0 Å². The van der Waals surface area contributed by atoms with Gasteiger partial charge in [0.25, 0.3) is 0 Å². The predicted octanol–water partition coefficient (Wildman–Crippen LogP) is 3.56. The van der Waals surface area contributed by atoms with Gasteiger partial charge in [-0.05, 0) is 43.2 Å². The first-order valence-corrected chi connectivity index (χ1v) is 7.11. The second-order valence-electron chi connectivity index (χ2n) is 5.04. The Bertz CT molecular complexity index is 582. The summed E-state index contributed by atoms with van der Waals surface area (Å²) in [6.07, 6.45) is 4.02. The molecule has 17 heavy (non-hydrogen) atoms. The van der Waals surface area contributed by atoms with Crippen LogP contribution in [0.1, 0.15) is 19.3 Å². The lowest BCUT2D eigenvalue weighted by atomic mass is 10.1. The van der Waals surface area contributed by atoms with Crippen molar-refractivity contribution in [3.63, 3.8) is 0 Å². The van der Waals surface area contributed by atoms with Crippen LogP contribution in [0.15, 0.2) is 12.1 Å². The van der Waals surface area contributed by atoms with Crippen molar-refractivity contribution in [2.24, 2.45) is 11.8 Å². The number of hydrogen-bond donors (Lipinski definition) is 1.